The number of nitrogens with one attached hydrogen (secondary N) is 1. The molecule has 88 valence electrons. The van der Waals surface area contributed by atoms with Crippen LogP contribution in [0.4, 0.5) is 0 Å². The molecule has 0 heterocycles. The first kappa shape index (κ1) is 13.0. The molecule has 0 saturated heterocycles. The quantitative estimate of drug-likeness (QED) is 0.845. The Bertz CT molecular complexity index is 335. The third kappa shape index (κ3) is 4.66. The smallest absolute Gasteiger partial charge is 0.222 e. The standard InChI is InChI=1S/C12H16BrNO2/c1-9(2)12(15)14-7-8-16-11-5-3-10(13)4-6-11/h3-6,9H,7-8H2,1-2H3,(H,14,15). The van der Waals surface area contributed by atoms with Gasteiger partial charge in [0.25, 0.3) is 0 Å². The van der Waals surface area contributed by atoms with Crippen molar-refractivity contribution in [2.24, 2.45) is 5.92 Å². The van der Waals surface area contributed by atoms with Gasteiger partial charge >= 0.3 is 0 Å². The first-order valence-corrected chi connectivity index (χ1v) is 6.05. The van der Waals surface area contributed by atoms with E-state index in [2.05, 4.69) is 21.2 Å². The zero-order valence-electron chi connectivity index (χ0n) is 9.50. The summed E-state index contributed by atoms with van der Waals surface area (Å²) in [5.74, 6) is 0.883. The lowest BCUT2D eigenvalue weighted by atomic mass is 10.2. The van der Waals surface area contributed by atoms with E-state index in [9.17, 15) is 4.79 Å². The fraction of sp³-hybridized carbons (Fsp3) is 0.417. The second kappa shape index (κ2) is 6.53. The van der Waals surface area contributed by atoms with Crippen LogP contribution in [0.25, 0.3) is 0 Å². The van der Waals surface area contributed by atoms with Gasteiger partial charge in [0.1, 0.15) is 12.4 Å². The molecule has 4 heteroatoms. The predicted octanol–water partition coefficient (Wildman–Crippen LogP) is 2.60. The maximum Gasteiger partial charge on any atom is 0.222 e. The summed E-state index contributed by atoms with van der Waals surface area (Å²) >= 11 is 3.35. The van der Waals surface area contributed by atoms with E-state index in [1.54, 1.807) is 0 Å². The summed E-state index contributed by atoms with van der Waals surface area (Å²) in [7, 11) is 0. The van der Waals surface area contributed by atoms with Crippen molar-refractivity contribution in [1.82, 2.24) is 5.32 Å². The molecule has 3 nitrogen and oxygen atoms in total. The molecule has 1 aromatic rings. The lowest BCUT2D eigenvalue weighted by Gasteiger charge is -2.09. The summed E-state index contributed by atoms with van der Waals surface area (Å²) < 4.78 is 6.48. The third-order valence-electron chi connectivity index (χ3n) is 2.01. The van der Waals surface area contributed by atoms with Gasteiger partial charge in [-0.15, -0.1) is 0 Å². The lowest BCUT2D eigenvalue weighted by Crippen LogP contribution is -2.31. The van der Waals surface area contributed by atoms with Crippen molar-refractivity contribution >= 4 is 21.8 Å². The van der Waals surface area contributed by atoms with E-state index >= 15 is 0 Å². The number of hydrogen-bond acceptors (Lipinski definition) is 2. The van der Waals surface area contributed by atoms with Crippen LogP contribution < -0.4 is 10.1 Å². The van der Waals surface area contributed by atoms with Crippen LogP contribution in [0, 0.1) is 5.92 Å². The molecule has 0 radical (unpaired) electrons. The summed E-state index contributed by atoms with van der Waals surface area (Å²) in [4.78, 5) is 11.2. The number of hydrogen-bond donors (Lipinski definition) is 1. The van der Waals surface area contributed by atoms with Gasteiger partial charge < -0.3 is 10.1 Å². The highest BCUT2D eigenvalue weighted by molar-refractivity contribution is 9.10. The Morgan fingerprint density at radius 2 is 2.00 bits per heavy atom. The van der Waals surface area contributed by atoms with Crippen molar-refractivity contribution in [3.8, 4) is 5.75 Å². The molecule has 0 unspecified atom stereocenters. The molecule has 0 aliphatic rings. The van der Waals surface area contributed by atoms with Gasteiger partial charge in [-0.3, -0.25) is 4.79 Å². The Balaban J connectivity index is 2.21. The summed E-state index contributed by atoms with van der Waals surface area (Å²) in [6, 6.07) is 7.60. The molecule has 0 aromatic heterocycles. The molecule has 1 aromatic carbocycles. The summed E-state index contributed by atoms with van der Waals surface area (Å²) in [6.07, 6.45) is 0. The van der Waals surface area contributed by atoms with E-state index in [0.29, 0.717) is 13.2 Å². The number of benzene rings is 1. The van der Waals surface area contributed by atoms with E-state index in [4.69, 9.17) is 4.74 Å². The Hall–Kier alpha value is -1.03. The number of amides is 1. The van der Waals surface area contributed by atoms with Crippen LogP contribution in [-0.2, 0) is 4.79 Å². The summed E-state index contributed by atoms with van der Waals surface area (Å²) in [5, 5.41) is 2.79. The van der Waals surface area contributed by atoms with E-state index < -0.39 is 0 Å². The highest BCUT2D eigenvalue weighted by atomic mass is 79.9. The third-order valence-corrected chi connectivity index (χ3v) is 2.54. The Morgan fingerprint density at radius 1 is 1.38 bits per heavy atom. The highest BCUT2D eigenvalue weighted by Crippen LogP contribution is 2.15. The van der Waals surface area contributed by atoms with Crippen LogP contribution in [-0.4, -0.2) is 19.1 Å². The zero-order valence-corrected chi connectivity index (χ0v) is 11.1. The van der Waals surface area contributed by atoms with Crippen LogP contribution in [0.15, 0.2) is 28.7 Å². The van der Waals surface area contributed by atoms with Crippen LogP contribution in [0.1, 0.15) is 13.8 Å². The fourth-order valence-electron chi connectivity index (χ4n) is 1.08. The van der Waals surface area contributed by atoms with E-state index in [-0.39, 0.29) is 11.8 Å². The number of carbonyl (C=O) groups excluding carboxylic acids is 1. The van der Waals surface area contributed by atoms with Crippen molar-refractivity contribution in [3.05, 3.63) is 28.7 Å². The van der Waals surface area contributed by atoms with Gasteiger partial charge in [-0.05, 0) is 24.3 Å². The second-order valence-electron chi connectivity index (χ2n) is 3.75. The van der Waals surface area contributed by atoms with E-state index in [1.165, 1.54) is 0 Å². The minimum absolute atomic E-state index is 0.0210. The van der Waals surface area contributed by atoms with Gasteiger partial charge in [0.2, 0.25) is 5.91 Å². The molecule has 0 fully saturated rings. The number of rotatable bonds is 5. The number of ether oxygens (including phenoxy) is 1. The normalized spacial score (nSPS) is 10.2. The largest absolute Gasteiger partial charge is 0.492 e. The Morgan fingerprint density at radius 3 is 2.56 bits per heavy atom. The summed E-state index contributed by atoms with van der Waals surface area (Å²) in [6.45, 7) is 4.75. The second-order valence-corrected chi connectivity index (χ2v) is 4.66. The fourth-order valence-corrected chi connectivity index (χ4v) is 1.34. The molecule has 1 N–H and O–H groups in total. The average Bonchev–Trinajstić information content (AvgIpc) is 2.26. The van der Waals surface area contributed by atoms with Crippen molar-refractivity contribution in [2.75, 3.05) is 13.2 Å². The van der Waals surface area contributed by atoms with Crippen molar-refractivity contribution in [1.29, 1.82) is 0 Å². The SMILES string of the molecule is CC(C)C(=O)NCCOc1ccc(Br)cc1. The Kier molecular flexibility index (Phi) is 5.32. The first-order chi connectivity index (χ1) is 7.59. The monoisotopic (exact) mass is 285 g/mol. The van der Waals surface area contributed by atoms with Crippen molar-refractivity contribution in [2.45, 2.75) is 13.8 Å². The van der Waals surface area contributed by atoms with Gasteiger partial charge in [0, 0.05) is 10.4 Å². The van der Waals surface area contributed by atoms with E-state index in [0.717, 1.165) is 10.2 Å². The minimum Gasteiger partial charge on any atom is -0.492 e. The maximum absolute atomic E-state index is 11.2. The Labute approximate surface area is 104 Å². The van der Waals surface area contributed by atoms with Crippen LogP contribution in [0.5, 0.6) is 5.75 Å². The van der Waals surface area contributed by atoms with Gasteiger partial charge in [0.05, 0.1) is 6.54 Å². The topological polar surface area (TPSA) is 38.3 Å². The van der Waals surface area contributed by atoms with E-state index in [1.807, 2.05) is 38.1 Å². The van der Waals surface area contributed by atoms with Gasteiger partial charge in [-0.2, -0.15) is 0 Å². The first-order valence-electron chi connectivity index (χ1n) is 5.25. The molecule has 0 aliphatic carbocycles. The molecule has 0 saturated carbocycles. The lowest BCUT2D eigenvalue weighted by molar-refractivity contribution is -0.124. The predicted molar refractivity (Wildman–Crippen MR) is 67.5 cm³/mol. The maximum atomic E-state index is 11.2. The molecule has 0 aliphatic heterocycles. The average molecular weight is 286 g/mol. The van der Waals surface area contributed by atoms with Gasteiger partial charge in [0.15, 0.2) is 0 Å². The molecular weight excluding hydrogens is 270 g/mol. The summed E-state index contributed by atoms with van der Waals surface area (Å²) in [5.41, 5.74) is 0. The molecule has 0 bridgehead atoms. The molecule has 0 spiro atoms. The number of halogens is 1. The number of carbonyl (C=O) groups is 1. The molecule has 16 heavy (non-hydrogen) atoms. The molecular formula is C12H16BrNO2. The van der Waals surface area contributed by atoms with Crippen LogP contribution in [0.3, 0.4) is 0 Å². The van der Waals surface area contributed by atoms with Gasteiger partial charge in [-0.25, -0.2) is 0 Å². The molecule has 1 rings (SSSR count). The van der Waals surface area contributed by atoms with Crippen molar-refractivity contribution < 1.29 is 9.53 Å². The highest BCUT2D eigenvalue weighted by Gasteiger charge is 2.04. The minimum atomic E-state index is 0.0210. The van der Waals surface area contributed by atoms with Crippen molar-refractivity contribution in [3.63, 3.8) is 0 Å². The molecule has 1 amide bonds. The van der Waals surface area contributed by atoms with Gasteiger partial charge in [-0.1, -0.05) is 29.8 Å². The molecule has 0 atom stereocenters. The van der Waals surface area contributed by atoms with Crippen LogP contribution >= 0.6 is 15.9 Å². The zero-order chi connectivity index (χ0) is 12.0. The van der Waals surface area contributed by atoms with Crippen LogP contribution in [0.2, 0.25) is 0 Å².